The number of carboxylic acids is 1. The minimum Gasteiger partial charge on any atom is -0.490 e. The van der Waals surface area contributed by atoms with E-state index in [1.54, 1.807) is 6.07 Å². The highest BCUT2D eigenvalue weighted by molar-refractivity contribution is 6.17. The molecule has 2 aliphatic rings. The lowest BCUT2D eigenvalue weighted by Gasteiger charge is -2.31. The lowest BCUT2D eigenvalue weighted by atomic mass is 9.80. The number of fused-ring (bicyclic) bond motifs is 3. The van der Waals surface area contributed by atoms with Crippen molar-refractivity contribution in [3.8, 4) is 11.5 Å². The average molecular weight is 499 g/mol. The number of ether oxygens (including phenoxy) is 2. The maximum atomic E-state index is 12.0. The number of carbonyl (C=O) groups is 1. The maximum absolute atomic E-state index is 12.0. The first-order chi connectivity index (χ1) is 17.6. The number of carboxylic acid groups (broad SMARTS) is 1. The van der Waals surface area contributed by atoms with Crippen molar-refractivity contribution in [1.29, 1.82) is 0 Å². The molecule has 0 radical (unpaired) electrons. The van der Waals surface area contributed by atoms with Gasteiger partial charge in [-0.15, -0.1) is 0 Å². The van der Waals surface area contributed by atoms with Crippen molar-refractivity contribution >= 4 is 17.4 Å². The second kappa shape index (κ2) is 9.25. The number of benzene rings is 3. The Morgan fingerprint density at radius 3 is 2.54 bits per heavy atom. The molecular formula is C31H34N2O4. The van der Waals surface area contributed by atoms with Gasteiger partial charge in [0.1, 0.15) is 5.60 Å². The summed E-state index contributed by atoms with van der Waals surface area (Å²) in [7, 11) is 0. The van der Waals surface area contributed by atoms with E-state index in [-0.39, 0.29) is 16.7 Å². The van der Waals surface area contributed by atoms with E-state index in [1.165, 1.54) is 5.56 Å². The molecule has 192 valence electrons. The Balaban J connectivity index is 1.63. The number of anilines is 1. The predicted molar refractivity (Wildman–Crippen MR) is 147 cm³/mol. The smallest absolute Gasteiger partial charge is 0.337 e. The first-order valence-electron chi connectivity index (χ1n) is 12.8. The average Bonchev–Trinajstić information content (AvgIpc) is 3.17. The Bertz CT molecular complexity index is 1390. The van der Waals surface area contributed by atoms with Gasteiger partial charge in [-0.25, -0.2) is 4.79 Å². The molecule has 6 nitrogen and oxygen atoms in total. The summed E-state index contributed by atoms with van der Waals surface area (Å²) in [4.78, 5) is 17.3. The fourth-order valence-corrected chi connectivity index (χ4v) is 5.36. The van der Waals surface area contributed by atoms with E-state index in [4.69, 9.17) is 14.5 Å². The molecule has 0 unspecified atom stereocenters. The van der Waals surface area contributed by atoms with Crippen molar-refractivity contribution in [2.24, 2.45) is 4.99 Å². The van der Waals surface area contributed by atoms with E-state index in [0.717, 1.165) is 52.3 Å². The minimum atomic E-state index is -0.967. The molecular weight excluding hydrogens is 464 g/mol. The lowest BCUT2D eigenvalue weighted by molar-refractivity contribution is 0.0698. The van der Waals surface area contributed by atoms with Crippen LogP contribution in [0, 0.1) is 0 Å². The van der Waals surface area contributed by atoms with Crippen LogP contribution in [0.25, 0.3) is 0 Å². The summed E-state index contributed by atoms with van der Waals surface area (Å²) in [6, 6.07) is 17.5. The van der Waals surface area contributed by atoms with Gasteiger partial charge in [0.05, 0.1) is 23.4 Å². The van der Waals surface area contributed by atoms with Crippen LogP contribution in [0.15, 0.2) is 59.6 Å². The van der Waals surface area contributed by atoms with Gasteiger partial charge in [0.15, 0.2) is 11.5 Å². The lowest BCUT2D eigenvalue weighted by Crippen LogP contribution is -2.30. The largest absolute Gasteiger partial charge is 0.490 e. The van der Waals surface area contributed by atoms with Gasteiger partial charge in [0.25, 0.3) is 0 Å². The Morgan fingerprint density at radius 1 is 1.08 bits per heavy atom. The molecule has 2 heterocycles. The monoisotopic (exact) mass is 498 g/mol. The fourth-order valence-electron chi connectivity index (χ4n) is 5.36. The highest BCUT2D eigenvalue weighted by Crippen LogP contribution is 2.48. The van der Waals surface area contributed by atoms with E-state index < -0.39 is 5.97 Å². The molecule has 0 atom stereocenters. The zero-order valence-corrected chi connectivity index (χ0v) is 22.1. The van der Waals surface area contributed by atoms with Crippen molar-refractivity contribution in [1.82, 2.24) is 0 Å². The number of hydrogen-bond acceptors (Lipinski definition) is 5. The van der Waals surface area contributed by atoms with E-state index in [9.17, 15) is 9.90 Å². The molecule has 0 aliphatic carbocycles. The second-order valence-electron chi connectivity index (χ2n) is 11.0. The molecule has 0 amide bonds. The number of nitrogens with one attached hydrogen (secondary N) is 1. The highest BCUT2D eigenvalue weighted by atomic mass is 16.5. The van der Waals surface area contributed by atoms with E-state index >= 15 is 0 Å². The third-order valence-electron chi connectivity index (χ3n) is 6.83. The van der Waals surface area contributed by atoms with Gasteiger partial charge in [0.2, 0.25) is 0 Å². The molecule has 0 bridgehead atoms. The summed E-state index contributed by atoms with van der Waals surface area (Å²) >= 11 is 0. The summed E-state index contributed by atoms with van der Waals surface area (Å²) in [5.74, 6) is 0.610. The van der Waals surface area contributed by atoms with Crippen molar-refractivity contribution in [3.05, 3.63) is 88.0 Å². The summed E-state index contributed by atoms with van der Waals surface area (Å²) in [6.07, 6.45) is 1.53. The van der Waals surface area contributed by atoms with Crippen LogP contribution in [-0.2, 0) is 19.4 Å². The summed E-state index contributed by atoms with van der Waals surface area (Å²) < 4.78 is 12.4. The fraction of sp³-hybridized carbons (Fsp3) is 0.355. The van der Waals surface area contributed by atoms with Gasteiger partial charge in [-0.2, -0.15) is 0 Å². The third kappa shape index (κ3) is 4.93. The number of aromatic carboxylic acids is 1. The number of rotatable bonds is 7. The summed E-state index contributed by atoms with van der Waals surface area (Å²) in [6.45, 7) is 11.5. The van der Waals surface area contributed by atoms with Crippen LogP contribution in [0.2, 0.25) is 0 Å². The Morgan fingerprint density at radius 2 is 1.84 bits per heavy atom. The first-order valence-corrected chi connectivity index (χ1v) is 12.8. The molecule has 0 saturated heterocycles. The van der Waals surface area contributed by atoms with Crippen molar-refractivity contribution in [2.75, 3.05) is 11.9 Å². The summed E-state index contributed by atoms with van der Waals surface area (Å²) in [5.41, 5.74) is 6.33. The van der Waals surface area contributed by atoms with Crippen molar-refractivity contribution < 1.29 is 19.4 Å². The van der Waals surface area contributed by atoms with Gasteiger partial charge in [-0.3, -0.25) is 4.99 Å². The van der Waals surface area contributed by atoms with Gasteiger partial charge in [-0.05, 0) is 70.4 Å². The molecule has 6 heteroatoms. The molecule has 0 aromatic heterocycles. The van der Waals surface area contributed by atoms with Gasteiger partial charge < -0.3 is 19.9 Å². The van der Waals surface area contributed by atoms with Crippen molar-refractivity contribution in [3.63, 3.8) is 0 Å². The zero-order chi connectivity index (χ0) is 26.4. The van der Waals surface area contributed by atoms with Crippen LogP contribution >= 0.6 is 0 Å². The zero-order valence-electron chi connectivity index (χ0n) is 22.1. The van der Waals surface area contributed by atoms with E-state index in [2.05, 4.69) is 39.1 Å². The Kier molecular flexibility index (Phi) is 6.22. The Labute approximate surface area is 218 Å². The van der Waals surface area contributed by atoms with Crippen LogP contribution in [-0.4, -0.2) is 34.5 Å². The van der Waals surface area contributed by atoms with E-state index in [0.29, 0.717) is 18.8 Å². The van der Waals surface area contributed by atoms with E-state index in [1.807, 2.05) is 49.4 Å². The minimum absolute atomic E-state index is 0.233. The molecule has 37 heavy (non-hydrogen) atoms. The molecule has 0 saturated carbocycles. The second-order valence-corrected chi connectivity index (χ2v) is 11.0. The first kappa shape index (κ1) is 24.9. The molecule has 3 aromatic rings. The van der Waals surface area contributed by atoms with Crippen LogP contribution in [0.1, 0.15) is 72.8 Å². The summed E-state index contributed by atoms with van der Waals surface area (Å²) in [5, 5.41) is 13.2. The third-order valence-corrected chi connectivity index (χ3v) is 6.83. The molecule has 5 rings (SSSR count). The normalized spacial score (nSPS) is 16.7. The Hall–Kier alpha value is -3.80. The van der Waals surface area contributed by atoms with Crippen molar-refractivity contribution in [2.45, 2.75) is 65.1 Å². The topological polar surface area (TPSA) is 80.2 Å². The SMILES string of the molecule is CCOc1cc2c(c3c1OC(C)(C)C3)C(c1ccc(C(=O)O)c(NCc3ccccc3)c1)=NC(C)(C)C2. The number of hydrogen-bond donors (Lipinski definition) is 2. The van der Waals surface area contributed by atoms with Crippen LogP contribution in [0.4, 0.5) is 5.69 Å². The van der Waals surface area contributed by atoms with Gasteiger partial charge >= 0.3 is 5.97 Å². The maximum Gasteiger partial charge on any atom is 0.337 e. The van der Waals surface area contributed by atoms with Crippen LogP contribution < -0.4 is 14.8 Å². The molecule has 2 aliphatic heterocycles. The molecule has 2 N–H and O–H groups in total. The van der Waals surface area contributed by atoms with Crippen LogP contribution in [0.5, 0.6) is 11.5 Å². The number of aliphatic imine (C=N–C) groups is 1. The predicted octanol–water partition coefficient (Wildman–Crippen LogP) is 6.28. The molecule has 0 spiro atoms. The molecule has 0 fully saturated rings. The quantitative estimate of drug-likeness (QED) is 0.401. The van der Waals surface area contributed by atoms with Crippen LogP contribution in [0.3, 0.4) is 0 Å². The van der Waals surface area contributed by atoms with Gasteiger partial charge in [-0.1, -0.05) is 36.4 Å². The molecule has 3 aromatic carbocycles. The van der Waals surface area contributed by atoms with Gasteiger partial charge in [0, 0.05) is 35.3 Å². The number of nitrogens with zero attached hydrogens (tertiary/aromatic N) is 1. The standard InChI is InChI=1S/C31H34N2O4/c1-6-36-25-15-21-16-30(2,3)33-27(26(21)23-17-31(4,5)37-28(23)25)20-12-13-22(29(34)35)24(14-20)32-18-19-10-8-7-9-11-19/h7-15,32H,6,16-18H2,1-5H3,(H,34,35). The highest BCUT2D eigenvalue weighted by Gasteiger charge is 2.40.